The summed E-state index contributed by atoms with van der Waals surface area (Å²) >= 11 is 0. The second-order valence-electron chi connectivity index (χ2n) is 6.63. The lowest BCUT2D eigenvalue weighted by molar-refractivity contribution is 0.0987. The fraction of sp³-hybridized carbons (Fsp3) is 0.474. The van der Waals surface area contributed by atoms with Crippen molar-refractivity contribution in [2.45, 2.75) is 19.8 Å². The monoisotopic (exact) mass is 380 g/mol. The number of nitrogens with zero attached hydrogens (tertiary/aromatic N) is 7. The van der Waals surface area contributed by atoms with E-state index in [9.17, 15) is 4.79 Å². The first-order valence-corrected chi connectivity index (χ1v) is 9.37. The Bertz CT molecular complexity index is 870. The van der Waals surface area contributed by atoms with E-state index in [4.69, 9.17) is 6.57 Å². The number of carbonyl (C=O) groups excluding carboxylic acids is 1. The molecule has 0 aliphatic carbocycles. The zero-order valence-corrected chi connectivity index (χ0v) is 16.2. The molecule has 28 heavy (non-hydrogen) atoms. The molecular weight excluding hydrogens is 356 g/mol. The predicted octanol–water partition coefficient (Wildman–Crippen LogP) is 1.82. The molecule has 3 rings (SSSR count). The number of carbonyl (C=O) groups is 1. The first kappa shape index (κ1) is 19.6. The van der Waals surface area contributed by atoms with Crippen molar-refractivity contribution < 1.29 is 4.79 Å². The van der Waals surface area contributed by atoms with Gasteiger partial charge >= 0.3 is 0 Å². The molecule has 0 atom stereocenters. The number of nitrogens with one attached hydrogen (secondary N) is 1. The van der Waals surface area contributed by atoms with Gasteiger partial charge in [0.05, 0.1) is 6.42 Å². The Morgan fingerprint density at radius 2 is 2.04 bits per heavy atom. The van der Waals surface area contributed by atoms with Crippen molar-refractivity contribution in [1.82, 2.24) is 24.8 Å². The minimum absolute atomic E-state index is 0.0792. The van der Waals surface area contributed by atoms with Crippen LogP contribution < -0.4 is 10.2 Å². The molecule has 1 aliphatic heterocycles. The van der Waals surface area contributed by atoms with E-state index in [0.717, 1.165) is 26.2 Å². The number of Topliss-reactive ketones (excluding diaryl/α,β-unsaturated/α-hetero) is 1. The third kappa shape index (κ3) is 4.98. The fourth-order valence-corrected chi connectivity index (χ4v) is 2.86. The highest BCUT2D eigenvalue weighted by Gasteiger charge is 2.18. The van der Waals surface area contributed by atoms with E-state index >= 15 is 0 Å². The molecule has 2 aromatic heterocycles. The van der Waals surface area contributed by atoms with E-state index < -0.39 is 0 Å². The van der Waals surface area contributed by atoms with Gasteiger partial charge in [-0.3, -0.25) is 4.79 Å². The third-order valence-corrected chi connectivity index (χ3v) is 4.54. The maximum absolute atomic E-state index is 12.1. The highest BCUT2D eigenvalue weighted by atomic mass is 16.1. The number of likely N-dealkylation sites (N-methyl/N-ethyl adjacent to an activating group) is 1. The fourth-order valence-electron chi connectivity index (χ4n) is 2.86. The Morgan fingerprint density at radius 1 is 1.25 bits per heavy atom. The van der Waals surface area contributed by atoms with Crippen LogP contribution in [0.5, 0.6) is 0 Å². The van der Waals surface area contributed by atoms with E-state index in [1.807, 2.05) is 6.92 Å². The van der Waals surface area contributed by atoms with Gasteiger partial charge in [0, 0.05) is 44.4 Å². The molecule has 0 spiro atoms. The lowest BCUT2D eigenvalue weighted by Crippen LogP contribution is -2.45. The Kier molecular flexibility index (Phi) is 6.45. The Hall–Kier alpha value is -3.12. The van der Waals surface area contributed by atoms with Crippen LogP contribution in [-0.4, -0.2) is 70.4 Å². The molecule has 9 heteroatoms. The lowest BCUT2D eigenvalue weighted by atomic mass is 10.1. The molecule has 1 fully saturated rings. The SMILES string of the molecule is [C-]#[N+]CCC(=O)c1ccnc(Nc2nc(CC)nc(N3CCN(C)CC3)n2)c1. The Labute approximate surface area is 164 Å². The van der Waals surface area contributed by atoms with Crippen LogP contribution in [0.3, 0.4) is 0 Å². The number of aryl methyl sites for hydroxylation is 1. The van der Waals surface area contributed by atoms with Crippen LogP contribution in [0.15, 0.2) is 18.3 Å². The average Bonchev–Trinajstić information content (AvgIpc) is 2.72. The van der Waals surface area contributed by atoms with Gasteiger partial charge in [-0.2, -0.15) is 15.0 Å². The molecule has 1 N–H and O–H groups in total. The molecule has 1 aliphatic rings. The molecule has 0 amide bonds. The Balaban J connectivity index is 1.79. The predicted molar refractivity (Wildman–Crippen MR) is 107 cm³/mol. The summed E-state index contributed by atoms with van der Waals surface area (Å²) < 4.78 is 0. The van der Waals surface area contributed by atoms with Crippen molar-refractivity contribution in [3.63, 3.8) is 0 Å². The van der Waals surface area contributed by atoms with Crippen LogP contribution in [0.2, 0.25) is 0 Å². The number of rotatable bonds is 7. The molecule has 3 heterocycles. The first-order chi connectivity index (χ1) is 13.6. The van der Waals surface area contributed by atoms with Gasteiger partial charge in [-0.05, 0) is 19.2 Å². The van der Waals surface area contributed by atoms with Crippen molar-refractivity contribution in [3.8, 4) is 0 Å². The number of ketones is 1. The maximum Gasteiger partial charge on any atom is 0.233 e. The number of piperazine rings is 1. The average molecular weight is 380 g/mol. The van der Waals surface area contributed by atoms with Gasteiger partial charge in [-0.25, -0.2) is 11.6 Å². The zero-order chi connectivity index (χ0) is 19.9. The van der Waals surface area contributed by atoms with Gasteiger partial charge in [-0.15, -0.1) is 0 Å². The Morgan fingerprint density at radius 3 is 2.75 bits per heavy atom. The first-order valence-electron chi connectivity index (χ1n) is 9.37. The quantitative estimate of drug-likeness (QED) is 0.574. The third-order valence-electron chi connectivity index (χ3n) is 4.54. The van der Waals surface area contributed by atoms with E-state index in [-0.39, 0.29) is 18.7 Å². The molecule has 0 radical (unpaired) electrons. The number of anilines is 3. The van der Waals surface area contributed by atoms with E-state index in [1.165, 1.54) is 0 Å². The number of hydrogen-bond donors (Lipinski definition) is 1. The minimum atomic E-state index is -0.0792. The van der Waals surface area contributed by atoms with E-state index in [0.29, 0.717) is 35.5 Å². The summed E-state index contributed by atoms with van der Waals surface area (Å²) in [5.41, 5.74) is 0.519. The lowest BCUT2D eigenvalue weighted by Gasteiger charge is -2.32. The number of hydrogen-bond acceptors (Lipinski definition) is 8. The molecule has 2 aromatic rings. The maximum atomic E-state index is 12.1. The zero-order valence-electron chi connectivity index (χ0n) is 16.2. The standard InChI is InChI=1S/C19H24N8O/c1-4-16-22-18(25-19(24-16)27-11-9-26(3)10-12-27)23-17-13-14(5-8-21-17)15(28)6-7-20-2/h5,8,13H,4,6-7,9-12H2,1,3H3,(H,21,22,23,24,25). The highest BCUT2D eigenvalue weighted by molar-refractivity contribution is 5.96. The number of pyridine rings is 1. The summed E-state index contributed by atoms with van der Waals surface area (Å²) in [5.74, 6) is 2.19. The topological polar surface area (TPSA) is 91.5 Å². The smallest absolute Gasteiger partial charge is 0.233 e. The van der Waals surface area contributed by atoms with E-state index in [1.54, 1.807) is 18.3 Å². The van der Waals surface area contributed by atoms with Crippen molar-refractivity contribution in [2.24, 2.45) is 0 Å². The van der Waals surface area contributed by atoms with Crippen LogP contribution in [-0.2, 0) is 6.42 Å². The molecule has 1 saturated heterocycles. The van der Waals surface area contributed by atoms with E-state index in [2.05, 4.69) is 46.9 Å². The minimum Gasteiger partial charge on any atom is -0.338 e. The summed E-state index contributed by atoms with van der Waals surface area (Å²) in [6.45, 7) is 12.7. The largest absolute Gasteiger partial charge is 0.338 e. The summed E-state index contributed by atoms with van der Waals surface area (Å²) in [5, 5.41) is 3.10. The van der Waals surface area contributed by atoms with Gasteiger partial charge in [0.15, 0.2) is 5.78 Å². The molecule has 9 nitrogen and oxygen atoms in total. The summed E-state index contributed by atoms with van der Waals surface area (Å²) in [6.07, 6.45) is 2.46. The van der Waals surface area contributed by atoms with Crippen LogP contribution in [0.4, 0.5) is 17.7 Å². The molecule has 0 aromatic carbocycles. The van der Waals surface area contributed by atoms with Gasteiger partial charge in [-0.1, -0.05) is 6.92 Å². The van der Waals surface area contributed by atoms with Gasteiger partial charge in [0.1, 0.15) is 11.6 Å². The van der Waals surface area contributed by atoms with Crippen LogP contribution >= 0.6 is 0 Å². The van der Waals surface area contributed by atoms with Crippen molar-refractivity contribution in [2.75, 3.05) is 50.0 Å². The van der Waals surface area contributed by atoms with Crippen molar-refractivity contribution in [1.29, 1.82) is 0 Å². The van der Waals surface area contributed by atoms with Crippen molar-refractivity contribution >= 4 is 23.5 Å². The molecular formula is C19H24N8O. The van der Waals surface area contributed by atoms with Crippen LogP contribution in [0.1, 0.15) is 29.5 Å². The summed E-state index contributed by atoms with van der Waals surface area (Å²) in [7, 11) is 2.10. The molecule has 0 bridgehead atoms. The second kappa shape index (κ2) is 9.19. The molecule has 146 valence electrons. The highest BCUT2D eigenvalue weighted by Crippen LogP contribution is 2.17. The van der Waals surface area contributed by atoms with Crippen molar-refractivity contribution in [3.05, 3.63) is 41.1 Å². The number of aromatic nitrogens is 4. The summed E-state index contributed by atoms with van der Waals surface area (Å²) in [4.78, 5) is 37.6. The van der Waals surface area contributed by atoms with Gasteiger partial charge < -0.3 is 20.0 Å². The summed E-state index contributed by atoms with van der Waals surface area (Å²) in [6, 6.07) is 3.31. The van der Waals surface area contributed by atoms with Crippen LogP contribution in [0, 0.1) is 6.57 Å². The second-order valence-corrected chi connectivity index (χ2v) is 6.63. The molecule has 0 unspecified atom stereocenters. The van der Waals surface area contributed by atoms with Gasteiger partial charge in [0.25, 0.3) is 0 Å². The van der Waals surface area contributed by atoms with Crippen LogP contribution in [0.25, 0.3) is 4.85 Å². The van der Waals surface area contributed by atoms with Gasteiger partial charge in [0.2, 0.25) is 18.4 Å². The normalized spacial score (nSPS) is 14.5. The molecule has 0 saturated carbocycles.